The minimum absolute atomic E-state index is 0.166. The number of nitrogens with zero attached hydrogens (tertiary/aromatic N) is 1. The molecule has 1 aromatic rings. The quantitative estimate of drug-likeness (QED) is 0.800. The van der Waals surface area contributed by atoms with Gasteiger partial charge in [-0.25, -0.2) is 4.98 Å². The van der Waals surface area contributed by atoms with Crippen molar-refractivity contribution in [1.82, 2.24) is 4.98 Å². The lowest BCUT2D eigenvalue weighted by Crippen LogP contribution is -2.41. The van der Waals surface area contributed by atoms with Gasteiger partial charge in [-0.05, 0) is 53.5 Å². The Morgan fingerprint density at radius 3 is 2.29 bits per heavy atom. The smallest absolute Gasteiger partial charge is 0.475 e. The average molecular weight is 291 g/mol. The molecule has 1 aromatic heterocycles. The molecule has 1 atom stereocenters. The first kappa shape index (κ1) is 16.3. The van der Waals surface area contributed by atoms with Gasteiger partial charge in [-0.15, -0.1) is 0 Å². The lowest BCUT2D eigenvalue weighted by molar-refractivity contribution is 0.00578. The summed E-state index contributed by atoms with van der Waals surface area (Å²) in [7, 11) is -0.375. The monoisotopic (exact) mass is 291 g/mol. The van der Waals surface area contributed by atoms with E-state index in [0.717, 1.165) is 17.4 Å². The highest BCUT2D eigenvalue weighted by Crippen LogP contribution is 2.36. The summed E-state index contributed by atoms with van der Waals surface area (Å²) >= 11 is 0. The summed E-state index contributed by atoms with van der Waals surface area (Å²) in [5, 5.41) is 0. The highest BCUT2D eigenvalue weighted by Gasteiger charge is 2.52. The molecule has 1 saturated heterocycles. The normalized spacial score (nSPS) is 21.4. The zero-order chi connectivity index (χ0) is 15.8. The van der Waals surface area contributed by atoms with Crippen molar-refractivity contribution in [3.63, 3.8) is 0 Å². The molecule has 1 fully saturated rings. The SMILES string of the molecule is CC[C@@H](C)Oc1cc(C)c(B2OC(C)(C)C(C)(C)O2)cn1. The highest BCUT2D eigenvalue weighted by atomic mass is 16.7. The Balaban J connectivity index is 2.19. The van der Waals surface area contributed by atoms with Gasteiger partial charge in [-0.2, -0.15) is 0 Å². The number of ether oxygens (including phenoxy) is 1. The van der Waals surface area contributed by atoms with Gasteiger partial charge in [0, 0.05) is 17.7 Å². The van der Waals surface area contributed by atoms with Crippen LogP contribution in [0.3, 0.4) is 0 Å². The maximum atomic E-state index is 6.07. The van der Waals surface area contributed by atoms with E-state index >= 15 is 0 Å². The van der Waals surface area contributed by atoms with E-state index in [1.807, 2.05) is 19.9 Å². The van der Waals surface area contributed by atoms with Crippen LogP contribution in [-0.2, 0) is 9.31 Å². The summed E-state index contributed by atoms with van der Waals surface area (Å²) in [5.41, 5.74) is 1.36. The Morgan fingerprint density at radius 2 is 1.81 bits per heavy atom. The minimum Gasteiger partial charge on any atom is -0.475 e. The Kier molecular flexibility index (Phi) is 4.36. The largest absolute Gasteiger partial charge is 0.496 e. The van der Waals surface area contributed by atoms with Crippen molar-refractivity contribution in [3.8, 4) is 5.88 Å². The van der Waals surface area contributed by atoms with Crippen LogP contribution in [0.4, 0.5) is 0 Å². The number of rotatable bonds is 4. The van der Waals surface area contributed by atoms with E-state index in [2.05, 4.69) is 39.6 Å². The first-order valence-electron chi connectivity index (χ1n) is 7.65. The summed E-state index contributed by atoms with van der Waals surface area (Å²) in [6.07, 6.45) is 2.93. The van der Waals surface area contributed by atoms with Gasteiger partial charge >= 0.3 is 7.12 Å². The zero-order valence-corrected chi connectivity index (χ0v) is 14.2. The summed E-state index contributed by atoms with van der Waals surface area (Å²) < 4.78 is 17.9. The fraction of sp³-hybridized carbons (Fsp3) is 0.688. The molecular formula is C16H26BNO3. The molecule has 0 N–H and O–H groups in total. The summed E-state index contributed by atoms with van der Waals surface area (Å²) in [6, 6.07) is 1.95. The average Bonchev–Trinajstić information content (AvgIpc) is 2.58. The number of pyridine rings is 1. The van der Waals surface area contributed by atoms with Gasteiger partial charge in [0.1, 0.15) is 0 Å². The third-order valence-corrected chi connectivity index (χ3v) is 4.53. The van der Waals surface area contributed by atoms with Gasteiger partial charge in [-0.3, -0.25) is 0 Å². The van der Waals surface area contributed by atoms with E-state index in [-0.39, 0.29) is 24.4 Å². The molecule has 0 aromatic carbocycles. The van der Waals surface area contributed by atoms with E-state index in [0.29, 0.717) is 5.88 Å². The molecule has 0 amide bonds. The summed E-state index contributed by atoms with van der Waals surface area (Å²) in [6.45, 7) is 14.4. The first-order valence-corrected chi connectivity index (χ1v) is 7.65. The molecule has 0 bridgehead atoms. The van der Waals surface area contributed by atoms with Crippen LogP contribution in [0.1, 0.15) is 53.5 Å². The van der Waals surface area contributed by atoms with Gasteiger partial charge < -0.3 is 14.0 Å². The standard InChI is InChI=1S/C16H26BNO3/c1-8-12(3)19-14-9-11(2)13(10-18-14)17-20-15(4,5)16(6,7)21-17/h9-10,12H,8H2,1-7H3/t12-/m1/s1. The molecule has 4 nitrogen and oxygen atoms in total. The minimum atomic E-state index is -0.375. The van der Waals surface area contributed by atoms with Crippen molar-refractivity contribution >= 4 is 12.6 Å². The molecule has 0 saturated carbocycles. The number of hydrogen-bond acceptors (Lipinski definition) is 4. The Morgan fingerprint density at radius 1 is 1.24 bits per heavy atom. The van der Waals surface area contributed by atoms with Crippen LogP contribution in [-0.4, -0.2) is 29.4 Å². The van der Waals surface area contributed by atoms with E-state index in [1.54, 1.807) is 6.20 Å². The lowest BCUT2D eigenvalue weighted by atomic mass is 9.77. The summed E-state index contributed by atoms with van der Waals surface area (Å²) in [4.78, 5) is 4.39. The molecule has 0 unspecified atom stereocenters. The van der Waals surface area contributed by atoms with E-state index in [9.17, 15) is 0 Å². The molecule has 0 aliphatic carbocycles. The third kappa shape index (κ3) is 3.24. The lowest BCUT2D eigenvalue weighted by Gasteiger charge is -2.32. The summed E-state index contributed by atoms with van der Waals surface area (Å²) in [5.74, 6) is 0.655. The second kappa shape index (κ2) is 5.62. The molecule has 1 aliphatic heterocycles. The van der Waals surface area contributed by atoms with E-state index < -0.39 is 0 Å². The van der Waals surface area contributed by atoms with Gasteiger partial charge in [0.05, 0.1) is 17.3 Å². The second-order valence-corrected chi connectivity index (χ2v) is 6.80. The van der Waals surface area contributed by atoms with Crippen LogP contribution >= 0.6 is 0 Å². The van der Waals surface area contributed by atoms with Crippen LogP contribution in [0.5, 0.6) is 5.88 Å². The maximum Gasteiger partial charge on any atom is 0.496 e. The highest BCUT2D eigenvalue weighted by molar-refractivity contribution is 6.62. The third-order valence-electron chi connectivity index (χ3n) is 4.53. The first-order chi connectivity index (χ1) is 9.66. The Hall–Kier alpha value is -1.07. The number of aryl methyl sites for hydroxylation is 1. The van der Waals surface area contributed by atoms with Crippen molar-refractivity contribution in [2.75, 3.05) is 0 Å². The molecular weight excluding hydrogens is 265 g/mol. The van der Waals surface area contributed by atoms with Crippen LogP contribution in [0.2, 0.25) is 0 Å². The Labute approximate surface area is 128 Å². The Bertz CT molecular complexity index is 500. The molecule has 21 heavy (non-hydrogen) atoms. The van der Waals surface area contributed by atoms with Gasteiger partial charge in [0.15, 0.2) is 0 Å². The number of hydrogen-bond donors (Lipinski definition) is 0. The van der Waals surface area contributed by atoms with Crippen LogP contribution in [0.25, 0.3) is 0 Å². The second-order valence-electron chi connectivity index (χ2n) is 6.80. The predicted octanol–water partition coefficient (Wildman–Crippen LogP) is 2.87. The molecule has 5 heteroatoms. The van der Waals surface area contributed by atoms with E-state index in [1.165, 1.54) is 0 Å². The maximum absolute atomic E-state index is 6.07. The van der Waals surface area contributed by atoms with Crippen molar-refractivity contribution in [2.45, 2.75) is 72.2 Å². The van der Waals surface area contributed by atoms with E-state index in [4.69, 9.17) is 14.0 Å². The van der Waals surface area contributed by atoms with Gasteiger partial charge in [0.2, 0.25) is 5.88 Å². The topological polar surface area (TPSA) is 40.6 Å². The van der Waals surface area contributed by atoms with Crippen molar-refractivity contribution in [3.05, 3.63) is 17.8 Å². The molecule has 116 valence electrons. The van der Waals surface area contributed by atoms with Gasteiger partial charge in [0.25, 0.3) is 0 Å². The molecule has 2 rings (SSSR count). The molecule has 1 aliphatic rings. The van der Waals surface area contributed by atoms with Crippen LogP contribution in [0, 0.1) is 6.92 Å². The van der Waals surface area contributed by atoms with Crippen molar-refractivity contribution < 1.29 is 14.0 Å². The van der Waals surface area contributed by atoms with Crippen LogP contribution in [0.15, 0.2) is 12.3 Å². The van der Waals surface area contributed by atoms with Gasteiger partial charge in [-0.1, -0.05) is 6.92 Å². The predicted molar refractivity (Wildman–Crippen MR) is 85.1 cm³/mol. The fourth-order valence-electron chi connectivity index (χ4n) is 2.11. The van der Waals surface area contributed by atoms with Crippen LogP contribution < -0.4 is 10.2 Å². The zero-order valence-electron chi connectivity index (χ0n) is 14.2. The number of aromatic nitrogens is 1. The van der Waals surface area contributed by atoms with Crippen molar-refractivity contribution in [1.29, 1.82) is 0 Å². The van der Waals surface area contributed by atoms with Crippen molar-refractivity contribution in [2.24, 2.45) is 0 Å². The molecule has 2 heterocycles. The fourth-order valence-corrected chi connectivity index (χ4v) is 2.11. The molecule has 0 spiro atoms. The molecule has 0 radical (unpaired) electrons.